The molecule has 1 aromatic heterocycles. The van der Waals surface area contributed by atoms with Gasteiger partial charge >= 0.3 is 0 Å². The van der Waals surface area contributed by atoms with E-state index in [1.54, 1.807) is 19.2 Å². The van der Waals surface area contributed by atoms with Crippen LogP contribution in [0.1, 0.15) is 5.82 Å². The molecule has 0 saturated heterocycles. The van der Waals surface area contributed by atoms with Gasteiger partial charge in [-0.2, -0.15) is 0 Å². The standard InChI is InChI=1S/C8H11N3O2/c1-6-9-4-3-7(10-6)11-8(12)5-13-2/h3-4H,5H2,1-2H3,(H,9,10,11,12). The second-order valence-corrected chi connectivity index (χ2v) is 2.47. The number of carbonyl (C=O) groups is 1. The molecule has 1 rings (SSSR count). The predicted molar refractivity (Wildman–Crippen MR) is 47.3 cm³/mol. The molecule has 0 aliphatic rings. The van der Waals surface area contributed by atoms with Gasteiger partial charge in [-0.1, -0.05) is 0 Å². The lowest BCUT2D eigenvalue weighted by Gasteiger charge is -2.02. The van der Waals surface area contributed by atoms with Crippen molar-refractivity contribution in [2.45, 2.75) is 6.92 Å². The van der Waals surface area contributed by atoms with Crippen molar-refractivity contribution in [2.24, 2.45) is 0 Å². The van der Waals surface area contributed by atoms with E-state index in [-0.39, 0.29) is 12.5 Å². The van der Waals surface area contributed by atoms with Crippen LogP contribution in [0.15, 0.2) is 12.3 Å². The average Bonchev–Trinajstić information content (AvgIpc) is 2.04. The van der Waals surface area contributed by atoms with Gasteiger partial charge in [0.05, 0.1) is 0 Å². The summed E-state index contributed by atoms with van der Waals surface area (Å²) in [6, 6.07) is 1.63. The Bertz CT molecular complexity index is 301. The Morgan fingerprint density at radius 3 is 3.08 bits per heavy atom. The maximum Gasteiger partial charge on any atom is 0.251 e. The number of nitrogens with one attached hydrogen (secondary N) is 1. The third-order valence-electron chi connectivity index (χ3n) is 1.32. The molecule has 0 aliphatic heterocycles. The number of aryl methyl sites for hydroxylation is 1. The van der Waals surface area contributed by atoms with Crippen molar-refractivity contribution in [1.29, 1.82) is 0 Å². The van der Waals surface area contributed by atoms with Gasteiger partial charge in [-0.3, -0.25) is 4.79 Å². The molecular formula is C8H11N3O2. The fraction of sp³-hybridized carbons (Fsp3) is 0.375. The Morgan fingerprint density at radius 2 is 2.46 bits per heavy atom. The average molecular weight is 181 g/mol. The molecule has 1 aromatic rings. The molecule has 0 aromatic carbocycles. The summed E-state index contributed by atoms with van der Waals surface area (Å²) in [4.78, 5) is 18.9. The van der Waals surface area contributed by atoms with Gasteiger partial charge in [-0.25, -0.2) is 9.97 Å². The first kappa shape index (κ1) is 9.60. The van der Waals surface area contributed by atoms with Crippen molar-refractivity contribution < 1.29 is 9.53 Å². The molecule has 70 valence electrons. The lowest BCUT2D eigenvalue weighted by molar-refractivity contribution is -0.119. The van der Waals surface area contributed by atoms with Gasteiger partial charge < -0.3 is 10.1 Å². The summed E-state index contributed by atoms with van der Waals surface area (Å²) in [6.07, 6.45) is 1.59. The highest BCUT2D eigenvalue weighted by Crippen LogP contribution is 2.00. The van der Waals surface area contributed by atoms with E-state index in [1.165, 1.54) is 7.11 Å². The fourth-order valence-electron chi connectivity index (χ4n) is 0.836. The number of anilines is 1. The van der Waals surface area contributed by atoms with Crippen molar-refractivity contribution >= 4 is 11.7 Å². The van der Waals surface area contributed by atoms with Gasteiger partial charge in [0.25, 0.3) is 5.91 Å². The number of ether oxygens (including phenoxy) is 1. The van der Waals surface area contributed by atoms with E-state index in [1.807, 2.05) is 0 Å². The Labute approximate surface area is 76.2 Å². The number of nitrogens with zero attached hydrogens (tertiary/aromatic N) is 2. The van der Waals surface area contributed by atoms with Crippen LogP contribution in [-0.2, 0) is 9.53 Å². The molecule has 5 nitrogen and oxygen atoms in total. The number of rotatable bonds is 3. The molecule has 0 saturated carbocycles. The molecule has 1 N–H and O–H groups in total. The number of carbonyl (C=O) groups excluding carboxylic acids is 1. The van der Waals surface area contributed by atoms with E-state index in [2.05, 4.69) is 20.0 Å². The Balaban J connectivity index is 2.58. The predicted octanol–water partition coefficient (Wildman–Crippen LogP) is 0.370. The van der Waals surface area contributed by atoms with E-state index < -0.39 is 0 Å². The highest BCUT2D eigenvalue weighted by molar-refractivity contribution is 5.90. The van der Waals surface area contributed by atoms with Crippen molar-refractivity contribution in [3.05, 3.63) is 18.1 Å². The number of hydrogen-bond donors (Lipinski definition) is 1. The van der Waals surface area contributed by atoms with Crippen molar-refractivity contribution in [1.82, 2.24) is 9.97 Å². The number of hydrogen-bond acceptors (Lipinski definition) is 4. The van der Waals surface area contributed by atoms with Gasteiger partial charge in [0, 0.05) is 13.3 Å². The monoisotopic (exact) mass is 181 g/mol. The molecule has 1 heterocycles. The summed E-state index contributed by atoms with van der Waals surface area (Å²) < 4.78 is 4.65. The molecule has 13 heavy (non-hydrogen) atoms. The van der Waals surface area contributed by atoms with Crippen molar-refractivity contribution in [3.63, 3.8) is 0 Å². The lowest BCUT2D eigenvalue weighted by atomic mass is 10.5. The van der Waals surface area contributed by atoms with Gasteiger partial charge in [0.2, 0.25) is 0 Å². The number of amides is 1. The third-order valence-corrected chi connectivity index (χ3v) is 1.32. The summed E-state index contributed by atoms with van der Waals surface area (Å²) in [5.74, 6) is 0.894. The Hall–Kier alpha value is -1.49. The van der Waals surface area contributed by atoms with Crippen molar-refractivity contribution in [2.75, 3.05) is 19.0 Å². The van der Waals surface area contributed by atoms with Crippen molar-refractivity contribution in [3.8, 4) is 0 Å². The van der Waals surface area contributed by atoms with E-state index >= 15 is 0 Å². The van der Waals surface area contributed by atoms with Gasteiger partial charge in [-0.05, 0) is 13.0 Å². The maximum atomic E-state index is 11.0. The second-order valence-electron chi connectivity index (χ2n) is 2.47. The highest BCUT2D eigenvalue weighted by Gasteiger charge is 2.01. The number of methoxy groups -OCH3 is 1. The second kappa shape index (κ2) is 4.51. The zero-order chi connectivity index (χ0) is 9.68. The highest BCUT2D eigenvalue weighted by atomic mass is 16.5. The van der Waals surface area contributed by atoms with Crippen LogP contribution < -0.4 is 5.32 Å². The van der Waals surface area contributed by atoms with Gasteiger partial charge in [0.15, 0.2) is 0 Å². The Kier molecular flexibility index (Phi) is 3.33. The molecule has 0 radical (unpaired) electrons. The molecule has 0 unspecified atom stereocenters. The first-order valence-corrected chi connectivity index (χ1v) is 3.81. The minimum Gasteiger partial charge on any atom is -0.375 e. The van der Waals surface area contributed by atoms with Gasteiger partial charge in [0.1, 0.15) is 18.2 Å². The summed E-state index contributed by atoms with van der Waals surface area (Å²) in [5.41, 5.74) is 0. The summed E-state index contributed by atoms with van der Waals surface area (Å²) in [6.45, 7) is 1.79. The Morgan fingerprint density at radius 1 is 1.69 bits per heavy atom. The molecule has 0 fully saturated rings. The van der Waals surface area contributed by atoms with Crippen LogP contribution in [0.25, 0.3) is 0 Å². The summed E-state index contributed by atoms with van der Waals surface area (Å²) >= 11 is 0. The topological polar surface area (TPSA) is 64.1 Å². The van der Waals surface area contributed by atoms with Crippen LogP contribution in [0.4, 0.5) is 5.82 Å². The zero-order valence-electron chi connectivity index (χ0n) is 7.57. The van der Waals surface area contributed by atoms with Gasteiger partial charge in [-0.15, -0.1) is 0 Å². The maximum absolute atomic E-state index is 11.0. The normalized spacial score (nSPS) is 9.69. The zero-order valence-corrected chi connectivity index (χ0v) is 7.57. The van der Waals surface area contributed by atoms with E-state index in [4.69, 9.17) is 0 Å². The molecule has 5 heteroatoms. The quantitative estimate of drug-likeness (QED) is 0.731. The molecular weight excluding hydrogens is 170 g/mol. The third kappa shape index (κ3) is 3.16. The van der Waals surface area contributed by atoms with Crippen LogP contribution >= 0.6 is 0 Å². The smallest absolute Gasteiger partial charge is 0.251 e. The SMILES string of the molecule is COCC(=O)Nc1ccnc(C)n1. The van der Waals surface area contributed by atoms with E-state index in [0.717, 1.165) is 0 Å². The first-order chi connectivity index (χ1) is 6.22. The van der Waals surface area contributed by atoms with E-state index in [9.17, 15) is 4.79 Å². The van der Waals surface area contributed by atoms with Crippen LogP contribution in [-0.4, -0.2) is 29.6 Å². The largest absolute Gasteiger partial charge is 0.375 e. The molecule has 0 aliphatic carbocycles. The van der Waals surface area contributed by atoms with Crippen LogP contribution in [0.2, 0.25) is 0 Å². The minimum atomic E-state index is -0.222. The molecule has 0 bridgehead atoms. The van der Waals surface area contributed by atoms with Crippen LogP contribution in [0.5, 0.6) is 0 Å². The minimum absolute atomic E-state index is 0.0308. The van der Waals surface area contributed by atoms with E-state index in [0.29, 0.717) is 11.6 Å². The summed E-state index contributed by atoms with van der Waals surface area (Å²) in [7, 11) is 1.46. The fourth-order valence-corrected chi connectivity index (χ4v) is 0.836. The van der Waals surface area contributed by atoms with Crippen LogP contribution in [0, 0.1) is 6.92 Å². The first-order valence-electron chi connectivity index (χ1n) is 3.81. The van der Waals surface area contributed by atoms with Crippen LogP contribution in [0.3, 0.4) is 0 Å². The molecule has 1 amide bonds. The molecule has 0 spiro atoms. The molecule has 0 atom stereocenters. The number of aromatic nitrogens is 2. The summed E-state index contributed by atoms with van der Waals surface area (Å²) in [5, 5.41) is 2.57. The lowest BCUT2D eigenvalue weighted by Crippen LogP contribution is -2.18.